The van der Waals surface area contributed by atoms with E-state index in [0.29, 0.717) is 13.0 Å². The molecule has 0 aliphatic carbocycles. The average Bonchev–Trinajstić information content (AvgIpc) is 2.62. The van der Waals surface area contributed by atoms with Gasteiger partial charge in [0.05, 0.1) is 26.5 Å². The number of ether oxygens (including phenoxy) is 3. The summed E-state index contributed by atoms with van der Waals surface area (Å²) < 4.78 is 16.1. The Kier molecular flexibility index (Phi) is 6.73. The number of hydrogen-bond acceptors (Lipinski definition) is 6. The molecule has 1 heterocycles. The molecule has 1 aromatic rings. The number of methoxy groups -OCH3 is 2. The molecular weight excluding hydrogens is 308 g/mol. The van der Waals surface area contributed by atoms with Crippen molar-refractivity contribution < 1.29 is 19.0 Å². The first-order valence-corrected chi connectivity index (χ1v) is 8.52. The molecule has 1 fully saturated rings. The zero-order valence-corrected chi connectivity index (χ0v) is 14.8. The topological polar surface area (TPSA) is 74.0 Å². The molecule has 1 unspecified atom stereocenters. The summed E-state index contributed by atoms with van der Waals surface area (Å²) in [6.45, 7) is 4.12. The van der Waals surface area contributed by atoms with Crippen molar-refractivity contribution in [2.24, 2.45) is 5.73 Å². The zero-order valence-electron chi connectivity index (χ0n) is 14.8. The van der Waals surface area contributed by atoms with Gasteiger partial charge in [0.2, 0.25) is 0 Å². The van der Waals surface area contributed by atoms with Crippen LogP contribution in [0.25, 0.3) is 0 Å². The van der Waals surface area contributed by atoms with Crippen molar-refractivity contribution in [2.45, 2.75) is 38.6 Å². The van der Waals surface area contributed by atoms with Gasteiger partial charge >= 0.3 is 5.97 Å². The average molecular weight is 336 g/mol. The minimum Gasteiger partial charge on any atom is -0.496 e. The van der Waals surface area contributed by atoms with Gasteiger partial charge in [-0.25, -0.2) is 0 Å². The third-order valence-corrected chi connectivity index (χ3v) is 4.31. The third-order valence-electron chi connectivity index (χ3n) is 4.31. The summed E-state index contributed by atoms with van der Waals surface area (Å²) in [5.41, 5.74) is 7.82. The number of hydrogen-bond donors (Lipinski definition) is 1. The highest BCUT2D eigenvalue weighted by Gasteiger charge is 2.22. The molecule has 6 nitrogen and oxygen atoms in total. The van der Waals surface area contributed by atoms with Crippen molar-refractivity contribution in [1.29, 1.82) is 0 Å². The van der Waals surface area contributed by atoms with Gasteiger partial charge in [-0.1, -0.05) is 0 Å². The standard InChI is InChI=1S/C18H28N2O4/c1-4-24-18(21)14(19)10-13-11-17(23-3)15(12-16(13)22-2)20-8-6-5-7-9-20/h11-12,14H,4-10,19H2,1-3H3. The first-order valence-electron chi connectivity index (χ1n) is 8.52. The van der Waals surface area contributed by atoms with E-state index in [1.165, 1.54) is 19.3 Å². The Morgan fingerprint density at radius 1 is 1.17 bits per heavy atom. The van der Waals surface area contributed by atoms with Crippen LogP contribution in [0.5, 0.6) is 11.5 Å². The molecule has 134 valence electrons. The van der Waals surface area contributed by atoms with E-state index in [-0.39, 0.29) is 0 Å². The summed E-state index contributed by atoms with van der Waals surface area (Å²) >= 11 is 0. The van der Waals surface area contributed by atoms with Crippen molar-refractivity contribution in [3.05, 3.63) is 17.7 Å². The fourth-order valence-electron chi connectivity index (χ4n) is 3.06. The van der Waals surface area contributed by atoms with Crippen molar-refractivity contribution >= 4 is 11.7 Å². The SMILES string of the molecule is CCOC(=O)C(N)Cc1cc(OC)c(N2CCCCC2)cc1OC. The number of benzene rings is 1. The second kappa shape index (κ2) is 8.78. The summed E-state index contributed by atoms with van der Waals surface area (Å²) in [6, 6.07) is 3.18. The van der Waals surface area contributed by atoms with Crippen molar-refractivity contribution in [3.63, 3.8) is 0 Å². The molecule has 0 aromatic heterocycles. The highest BCUT2D eigenvalue weighted by Crippen LogP contribution is 2.37. The number of rotatable bonds is 7. The molecule has 1 aliphatic heterocycles. The van der Waals surface area contributed by atoms with E-state index >= 15 is 0 Å². The number of carbonyl (C=O) groups is 1. The minimum absolute atomic E-state index is 0.320. The van der Waals surface area contributed by atoms with Crippen LogP contribution in [0.3, 0.4) is 0 Å². The van der Waals surface area contributed by atoms with Gasteiger partial charge in [0.15, 0.2) is 0 Å². The van der Waals surface area contributed by atoms with Crippen LogP contribution < -0.4 is 20.1 Å². The highest BCUT2D eigenvalue weighted by molar-refractivity contribution is 5.76. The summed E-state index contributed by atoms with van der Waals surface area (Å²) in [7, 11) is 3.28. The third kappa shape index (κ3) is 4.32. The van der Waals surface area contributed by atoms with Crippen LogP contribution in [0.4, 0.5) is 5.69 Å². The quantitative estimate of drug-likeness (QED) is 0.769. The number of esters is 1. The van der Waals surface area contributed by atoms with E-state index in [9.17, 15) is 4.79 Å². The Bertz CT molecular complexity index is 556. The summed E-state index contributed by atoms with van der Waals surface area (Å²) in [5.74, 6) is 1.10. The minimum atomic E-state index is -0.718. The van der Waals surface area contributed by atoms with Crippen LogP contribution in [-0.2, 0) is 16.0 Å². The molecule has 1 saturated heterocycles. The molecule has 24 heavy (non-hydrogen) atoms. The second-order valence-electron chi connectivity index (χ2n) is 5.95. The number of nitrogens with zero attached hydrogens (tertiary/aromatic N) is 1. The molecule has 1 atom stereocenters. The van der Waals surface area contributed by atoms with Crippen LogP contribution in [-0.4, -0.2) is 45.9 Å². The molecule has 1 aliphatic rings. The van der Waals surface area contributed by atoms with Gasteiger partial charge < -0.3 is 24.8 Å². The van der Waals surface area contributed by atoms with Gasteiger partial charge in [-0.15, -0.1) is 0 Å². The summed E-state index contributed by atoms with van der Waals surface area (Å²) in [4.78, 5) is 14.1. The molecule has 6 heteroatoms. The van der Waals surface area contributed by atoms with Crippen LogP contribution in [0.2, 0.25) is 0 Å². The molecule has 0 radical (unpaired) electrons. The lowest BCUT2D eigenvalue weighted by Crippen LogP contribution is -2.34. The molecule has 0 bridgehead atoms. The molecule has 2 N–H and O–H groups in total. The van der Waals surface area contributed by atoms with Crippen LogP contribution >= 0.6 is 0 Å². The Morgan fingerprint density at radius 2 is 1.83 bits per heavy atom. The number of carbonyl (C=O) groups excluding carboxylic acids is 1. The van der Waals surface area contributed by atoms with E-state index < -0.39 is 12.0 Å². The first-order chi connectivity index (χ1) is 11.6. The highest BCUT2D eigenvalue weighted by atomic mass is 16.5. The Balaban J connectivity index is 2.26. The smallest absolute Gasteiger partial charge is 0.323 e. The summed E-state index contributed by atoms with van der Waals surface area (Å²) in [6.07, 6.45) is 3.98. The van der Waals surface area contributed by atoms with Crippen molar-refractivity contribution in [2.75, 3.05) is 38.8 Å². The van der Waals surface area contributed by atoms with E-state index in [1.807, 2.05) is 12.1 Å². The molecule has 1 aromatic carbocycles. The van der Waals surface area contributed by atoms with Gasteiger partial charge in [-0.3, -0.25) is 4.79 Å². The summed E-state index contributed by atoms with van der Waals surface area (Å²) in [5, 5.41) is 0. The number of piperidine rings is 1. The Morgan fingerprint density at radius 3 is 2.42 bits per heavy atom. The van der Waals surface area contributed by atoms with Crippen LogP contribution in [0.1, 0.15) is 31.7 Å². The van der Waals surface area contributed by atoms with Crippen LogP contribution in [0, 0.1) is 0 Å². The van der Waals surface area contributed by atoms with E-state index in [1.54, 1.807) is 21.1 Å². The molecular formula is C18H28N2O4. The lowest BCUT2D eigenvalue weighted by molar-refractivity contribution is -0.144. The van der Waals surface area contributed by atoms with Gasteiger partial charge in [0.1, 0.15) is 17.5 Å². The normalized spacial score (nSPS) is 15.8. The monoisotopic (exact) mass is 336 g/mol. The number of anilines is 1. The maximum absolute atomic E-state index is 11.8. The first kappa shape index (κ1) is 18.4. The van der Waals surface area contributed by atoms with E-state index in [2.05, 4.69) is 4.90 Å². The fourth-order valence-corrected chi connectivity index (χ4v) is 3.06. The largest absolute Gasteiger partial charge is 0.496 e. The molecule has 0 amide bonds. The predicted molar refractivity (Wildman–Crippen MR) is 93.9 cm³/mol. The molecule has 0 spiro atoms. The number of nitrogens with two attached hydrogens (primary N) is 1. The second-order valence-corrected chi connectivity index (χ2v) is 5.95. The zero-order chi connectivity index (χ0) is 17.5. The van der Waals surface area contributed by atoms with Gasteiger partial charge in [0.25, 0.3) is 0 Å². The van der Waals surface area contributed by atoms with Gasteiger partial charge in [-0.05, 0) is 32.3 Å². The van der Waals surface area contributed by atoms with Crippen molar-refractivity contribution in [1.82, 2.24) is 0 Å². The molecule has 2 rings (SSSR count). The lowest BCUT2D eigenvalue weighted by Gasteiger charge is -2.31. The van der Waals surface area contributed by atoms with E-state index in [4.69, 9.17) is 19.9 Å². The Labute approximate surface area is 143 Å². The van der Waals surface area contributed by atoms with Gasteiger partial charge in [-0.2, -0.15) is 0 Å². The van der Waals surface area contributed by atoms with Gasteiger partial charge in [0, 0.05) is 31.1 Å². The lowest BCUT2D eigenvalue weighted by atomic mass is 10.0. The van der Waals surface area contributed by atoms with Crippen LogP contribution in [0.15, 0.2) is 12.1 Å². The maximum atomic E-state index is 11.8. The molecule has 0 saturated carbocycles. The Hall–Kier alpha value is -1.95. The van der Waals surface area contributed by atoms with Crippen molar-refractivity contribution in [3.8, 4) is 11.5 Å². The maximum Gasteiger partial charge on any atom is 0.323 e. The fraction of sp³-hybridized carbons (Fsp3) is 0.611. The predicted octanol–water partition coefficient (Wildman–Crippen LogP) is 2.13. The van der Waals surface area contributed by atoms with E-state index in [0.717, 1.165) is 35.8 Å².